The van der Waals surface area contributed by atoms with Crippen molar-refractivity contribution in [3.63, 3.8) is 0 Å². The lowest BCUT2D eigenvalue weighted by Crippen LogP contribution is -2.23. The van der Waals surface area contributed by atoms with Crippen molar-refractivity contribution < 1.29 is 4.74 Å². The van der Waals surface area contributed by atoms with Crippen molar-refractivity contribution in [2.75, 3.05) is 0 Å². The van der Waals surface area contributed by atoms with Gasteiger partial charge in [-0.3, -0.25) is 0 Å². The standard InChI is InChI=1S/C25H24N2O/c1-16-6-10-18(11-7-16)14-20-4-3-5-21-23(19-12-8-17(2)9-13-19)22(15-26)25(27)28-24(20)21/h6-14,23H,3-5,27H2,1-2H3/b20-14-/t23-/m1/s1. The number of nitriles is 1. The zero-order chi connectivity index (χ0) is 19.7. The van der Waals surface area contributed by atoms with Crippen LogP contribution in [0.1, 0.15) is 47.4 Å². The number of nitrogens with zero attached hydrogens (tertiary/aromatic N) is 1. The van der Waals surface area contributed by atoms with Crippen LogP contribution < -0.4 is 5.73 Å². The minimum atomic E-state index is -0.129. The Hall–Kier alpha value is -3.25. The number of ether oxygens (including phenoxy) is 1. The van der Waals surface area contributed by atoms with E-state index in [2.05, 4.69) is 74.5 Å². The molecule has 140 valence electrons. The monoisotopic (exact) mass is 368 g/mol. The lowest BCUT2D eigenvalue weighted by molar-refractivity contribution is 0.277. The van der Waals surface area contributed by atoms with E-state index in [1.54, 1.807) is 0 Å². The van der Waals surface area contributed by atoms with E-state index in [1.165, 1.54) is 16.7 Å². The van der Waals surface area contributed by atoms with Crippen LogP contribution in [0.3, 0.4) is 0 Å². The zero-order valence-electron chi connectivity index (χ0n) is 16.3. The van der Waals surface area contributed by atoms with Crippen LogP contribution in [0.15, 0.2) is 76.9 Å². The summed E-state index contributed by atoms with van der Waals surface area (Å²) in [5.41, 5.74) is 13.7. The number of benzene rings is 2. The van der Waals surface area contributed by atoms with Crippen LogP contribution in [0.25, 0.3) is 6.08 Å². The van der Waals surface area contributed by atoms with E-state index in [0.717, 1.165) is 41.7 Å². The molecule has 0 aromatic heterocycles. The quantitative estimate of drug-likeness (QED) is 0.747. The van der Waals surface area contributed by atoms with Gasteiger partial charge in [0, 0.05) is 5.92 Å². The molecule has 0 saturated carbocycles. The Kier molecular flexibility index (Phi) is 4.79. The average Bonchev–Trinajstić information content (AvgIpc) is 2.70. The SMILES string of the molecule is Cc1ccc(/C=C2/CCCC3=C2OC(N)=C(C#N)[C@@H]3c2ccc(C)cc2)cc1. The van der Waals surface area contributed by atoms with Gasteiger partial charge in [-0.1, -0.05) is 59.7 Å². The van der Waals surface area contributed by atoms with Crippen molar-refractivity contribution >= 4 is 6.08 Å². The molecular weight excluding hydrogens is 344 g/mol. The average molecular weight is 368 g/mol. The van der Waals surface area contributed by atoms with Gasteiger partial charge in [-0.05, 0) is 61.5 Å². The largest absolute Gasteiger partial charge is 0.440 e. The second-order valence-electron chi connectivity index (χ2n) is 7.62. The third kappa shape index (κ3) is 3.34. The summed E-state index contributed by atoms with van der Waals surface area (Å²) in [6.07, 6.45) is 5.09. The molecule has 2 aliphatic rings. The van der Waals surface area contributed by atoms with E-state index < -0.39 is 0 Å². The molecule has 28 heavy (non-hydrogen) atoms. The van der Waals surface area contributed by atoms with Gasteiger partial charge in [-0.25, -0.2) is 0 Å². The molecule has 1 heterocycles. The van der Waals surface area contributed by atoms with Gasteiger partial charge in [0.1, 0.15) is 17.4 Å². The highest BCUT2D eigenvalue weighted by Crippen LogP contribution is 2.46. The van der Waals surface area contributed by atoms with Crippen molar-refractivity contribution in [1.29, 1.82) is 5.26 Å². The second kappa shape index (κ2) is 7.40. The van der Waals surface area contributed by atoms with E-state index in [-0.39, 0.29) is 11.8 Å². The number of allylic oxidation sites excluding steroid dienone is 3. The fraction of sp³-hybridized carbons (Fsp3) is 0.240. The zero-order valence-corrected chi connectivity index (χ0v) is 16.3. The van der Waals surface area contributed by atoms with Crippen molar-refractivity contribution in [3.8, 4) is 6.07 Å². The molecule has 0 spiro atoms. The summed E-state index contributed by atoms with van der Waals surface area (Å²) in [6, 6.07) is 19.1. The van der Waals surface area contributed by atoms with Crippen molar-refractivity contribution in [1.82, 2.24) is 0 Å². The lowest BCUT2D eigenvalue weighted by atomic mass is 9.77. The van der Waals surface area contributed by atoms with Crippen molar-refractivity contribution in [3.05, 3.63) is 99.1 Å². The van der Waals surface area contributed by atoms with Gasteiger partial charge in [0.15, 0.2) is 0 Å². The van der Waals surface area contributed by atoms with Crippen LogP contribution in [-0.2, 0) is 4.74 Å². The van der Waals surface area contributed by atoms with Gasteiger partial charge >= 0.3 is 0 Å². The van der Waals surface area contributed by atoms with Gasteiger partial charge in [0.25, 0.3) is 0 Å². The Labute approximate surface area is 166 Å². The molecule has 2 aromatic rings. The molecule has 2 N–H and O–H groups in total. The predicted octanol–water partition coefficient (Wildman–Crippen LogP) is 5.63. The summed E-state index contributed by atoms with van der Waals surface area (Å²) in [5.74, 6) is 0.952. The fourth-order valence-electron chi connectivity index (χ4n) is 4.04. The fourth-order valence-corrected chi connectivity index (χ4v) is 4.04. The van der Waals surface area contributed by atoms with E-state index in [1.807, 2.05) is 0 Å². The molecule has 0 unspecified atom stereocenters. The highest BCUT2D eigenvalue weighted by molar-refractivity contribution is 5.62. The minimum Gasteiger partial charge on any atom is -0.440 e. The van der Waals surface area contributed by atoms with Crippen molar-refractivity contribution in [2.24, 2.45) is 5.73 Å². The van der Waals surface area contributed by atoms with Gasteiger partial charge in [-0.2, -0.15) is 5.26 Å². The van der Waals surface area contributed by atoms with Crippen LogP contribution in [0.5, 0.6) is 0 Å². The van der Waals surface area contributed by atoms with Crippen molar-refractivity contribution in [2.45, 2.75) is 39.0 Å². The molecule has 0 amide bonds. The third-order valence-corrected chi connectivity index (χ3v) is 5.54. The summed E-state index contributed by atoms with van der Waals surface area (Å²) in [5, 5.41) is 9.76. The summed E-state index contributed by atoms with van der Waals surface area (Å²) in [7, 11) is 0. The van der Waals surface area contributed by atoms with Gasteiger partial charge in [0.05, 0.1) is 0 Å². The van der Waals surface area contributed by atoms with Gasteiger partial charge in [-0.15, -0.1) is 0 Å². The Morgan fingerprint density at radius 3 is 2.29 bits per heavy atom. The Bertz CT molecular complexity index is 1030. The smallest absolute Gasteiger partial charge is 0.205 e. The summed E-state index contributed by atoms with van der Waals surface area (Å²) >= 11 is 0. The molecule has 0 radical (unpaired) electrons. The molecule has 1 atom stereocenters. The highest BCUT2D eigenvalue weighted by Gasteiger charge is 2.35. The van der Waals surface area contributed by atoms with Crippen LogP contribution in [0.2, 0.25) is 0 Å². The number of rotatable bonds is 2. The highest BCUT2D eigenvalue weighted by atomic mass is 16.5. The third-order valence-electron chi connectivity index (χ3n) is 5.54. The summed E-state index contributed by atoms with van der Waals surface area (Å²) in [4.78, 5) is 0. The topological polar surface area (TPSA) is 59.0 Å². The molecule has 0 saturated heterocycles. The van der Waals surface area contributed by atoms with E-state index >= 15 is 0 Å². The van der Waals surface area contributed by atoms with E-state index in [0.29, 0.717) is 5.57 Å². The maximum atomic E-state index is 9.76. The summed E-state index contributed by atoms with van der Waals surface area (Å²) in [6.45, 7) is 4.15. The number of aryl methyl sites for hydroxylation is 2. The molecule has 3 heteroatoms. The van der Waals surface area contributed by atoms with Gasteiger partial charge < -0.3 is 10.5 Å². The van der Waals surface area contributed by atoms with Crippen LogP contribution >= 0.6 is 0 Å². The molecule has 1 aliphatic heterocycles. The normalized spacial score (nSPS) is 20.6. The van der Waals surface area contributed by atoms with E-state index in [4.69, 9.17) is 10.5 Å². The second-order valence-corrected chi connectivity index (χ2v) is 7.62. The number of hydrogen-bond acceptors (Lipinski definition) is 3. The van der Waals surface area contributed by atoms with E-state index in [9.17, 15) is 5.26 Å². The van der Waals surface area contributed by atoms with Crippen LogP contribution in [0, 0.1) is 25.2 Å². The molecule has 0 bridgehead atoms. The molecule has 1 aliphatic carbocycles. The Balaban J connectivity index is 1.82. The molecule has 0 fully saturated rings. The first-order valence-electron chi connectivity index (χ1n) is 9.71. The molecule has 2 aromatic carbocycles. The Morgan fingerprint density at radius 1 is 1.00 bits per heavy atom. The minimum absolute atomic E-state index is 0.129. The first kappa shape index (κ1) is 18.1. The molecule has 4 rings (SSSR count). The molecule has 3 nitrogen and oxygen atoms in total. The van der Waals surface area contributed by atoms with Crippen LogP contribution in [-0.4, -0.2) is 0 Å². The Morgan fingerprint density at radius 2 is 1.64 bits per heavy atom. The number of nitrogens with two attached hydrogens (primary N) is 1. The first-order chi connectivity index (χ1) is 13.6. The number of hydrogen-bond donors (Lipinski definition) is 1. The summed E-state index contributed by atoms with van der Waals surface area (Å²) < 4.78 is 6.02. The predicted molar refractivity (Wildman–Crippen MR) is 112 cm³/mol. The first-order valence-corrected chi connectivity index (χ1v) is 9.71. The maximum Gasteiger partial charge on any atom is 0.205 e. The maximum absolute atomic E-state index is 9.76. The molecular formula is C25H24N2O. The van der Waals surface area contributed by atoms with Gasteiger partial charge in [0.2, 0.25) is 5.88 Å². The lowest BCUT2D eigenvalue weighted by Gasteiger charge is -2.33. The van der Waals surface area contributed by atoms with Crippen LogP contribution in [0.4, 0.5) is 0 Å².